The van der Waals surface area contributed by atoms with E-state index in [-0.39, 0.29) is 35.8 Å². The number of aliphatic hydroxyl groups is 2. The van der Waals surface area contributed by atoms with E-state index < -0.39 is 0 Å². The van der Waals surface area contributed by atoms with Crippen molar-refractivity contribution in [1.29, 1.82) is 0 Å². The Balaban J connectivity index is 4.13. The molecule has 0 saturated carbocycles. The molecular weight excluding hydrogens is 210 g/mol. The van der Waals surface area contributed by atoms with Crippen molar-refractivity contribution in [2.45, 2.75) is 39.0 Å². The standard InChI is InChI=1S/C11H25NO2S/c1-8(5-13)7-15-9(6-14)10(12)11(2,3)4/h8-10,13-14H,5-7,12H2,1-4H3. The molecule has 0 radical (unpaired) electrons. The van der Waals surface area contributed by atoms with Crippen molar-refractivity contribution in [1.82, 2.24) is 0 Å². The molecule has 0 bridgehead atoms. The predicted molar refractivity (Wildman–Crippen MR) is 67.0 cm³/mol. The maximum Gasteiger partial charge on any atom is 0.0565 e. The fourth-order valence-corrected chi connectivity index (χ4v) is 2.57. The summed E-state index contributed by atoms with van der Waals surface area (Å²) >= 11 is 1.65. The van der Waals surface area contributed by atoms with Crippen LogP contribution in [-0.4, -0.2) is 40.5 Å². The molecule has 15 heavy (non-hydrogen) atoms. The highest BCUT2D eigenvalue weighted by Crippen LogP contribution is 2.27. The Morgan fingerprint density at radius 2 is 1.73 bits per heavy atom. The van der Waals surface area contributed by atoms with Crippen LogP contribution in [0.5, 0.6) is 0 Å². The zero-order valence-corrected chi connectivity index (χ0v) is 11.0. The molecular formula is C11H25NO2S. The van der Waals surface area contributed by atoms with Gasteiger partial charge in [-0.3, -0.25) is 0 Å². The number of hydrogen-bond donors (Lipinski definition) is 3. The smallest absolute Gasteiger partial charge is 0.0565 e. The first-order valence-electron chi connectivity index (χ1n) is 5.41. The van der Waals surface area contributed by atoms with Gasteiger partial charge in [0.15, 0.2) is 0 Å². The van der Waals surface area contributed by atoms with Crippen molar-refractivity contribution >= 4 is 11.8 Å². The molecule has 0 amide bonds. The van der Waals surface area contributed by atoms with Crippen LogP contribution in [-0.2, 0) is 0 Å². The molecule has 0 heterocycles. The maximum absolute atomic E-state index is 9.28. The Morgan fingerprint density at radius 1 is 1.20 bits per heavy atom. The molecule has 4 N–H and O–H groups in total. The van der Waals surface area contributed by atoms with E-state index in [4.69, 9.17) is 10.8 Å². The third kappa shape index (κ3) is 5.76. The minimum Gasteiger partial charge on any atom is -0.396 e. The summed E-state index contributed by atoms with van der Waals surface area (Å²) in [6, 6.07) is -0.0293. The van der Waals surface area contributed by atoms with Gasteiger partial charge in [-0.05, 0) is 17.1 Å². The van der Waals surface area contributed by atoms with Crippen LogP contribution < -0.4 is 5.73 Å². The summed E-state index contributed by atoms with van der Waals surface area (Å²) in [5, 5.41) is 18.2. The number of aliphatic hydroxyl groups excluding tert-OH is 2. The summed E-state index contributed by atoms with van der Waals surface area (Å²) in [5.41, 5.74) is 6.09. The van der Waals surface area contributed by atoms with Crippen LogP contribution in [0.4, 0.5) is 0 Å². The van der Waals surface area contributed by atoms with Crippen LogP contribution in [0.25, 0.3) is 0 Å². The second-order valence-electron chi connectivity index (χ2n) is 5.23. The molecule has 0 aromatic carbocycles. The van der Waals surface area contributed by atoms with E-state index in [1.165, 1.54) is 0 Å². The van der Waals surface area contributed by atoms with Gasteiger partial charge in [-0.2, -0.15) is 11.8 Å². The van der Waals surface area contributed by atoms with Crippen molar-refractivity contribution in [2.75, 3.05) is 19.0 Å². The maximum atomic E-state index is 9.28. The van der Waals surface area contributed by atoms with Gasteiger partial charge in [0.2, 0.25) is 0 Å². The van der Waals surface area contributed by atoms with Crippen LogP contribution in [0.15, 0.2) is 0 Å². The van der Waals surface area contributed by atoms with E-state index in [2.05, 4.69) is 20.8 Å². The van der Waals surface area contributed by atoms with Gasteiger partial charge in [0.25, 0.3) is 0 Å². The largest absolute Gasteiger partial charge is 0.396 e. The van der Waals surface area contributed by atoms with E-state index in [0.717, 1.165) is 5.75 Å². The summed E-state index contributed by atoms with van der Waals surface area (Å²) in [6.07, 6.45) is 0. The molecule has 92 valence electrons. The monoisotopic (exact) mass is 235 g/mol. The number of nitrogens with two attached hydrogens (primary N) is 1. The highest BCUT2D eigenvalue weighted by molar-refractivity contribution is 8.00. The summed E-state index contributed by atoms with van der Waals surface area (Å²) < 4.78 is 0. The van der Waals surface area contributed by atoms with Gasteiger partial charge in [0.1, 0.15) is 0 Å². The number of hydrogen-bond acceptors (Lipinski definition) is 4. The van der Waals surface area contributed by atoms with Gasteiger partial charge in [0, 0.05) is 17.9 Å². The normalized spacial score (nSPS) is 18.6. The van der Waals surface area contributed by atoms with Crippen LogP contribution >= 0.6 is 11.8 Å². The van der Waals surface area contributed by atoms with E-state index in [0.29, 0.717) is 0 Å². The van der Waals surface area contributed by atoms with Gasteiger partial charge >= 0.3 is 0 Å². The molecule has 0 aromatic heterocycles. The third-order valence-corrected chi connectivity index (χ3v) is 4.12. The molecule has 0 aliphatic rings. The van der Waals surface area contributed by atoms with Crippen LogP contribution in [0.2, 0.25) is 0 Å². The molecule has 3 atom stereocenters. The average molecular weight is 235 g/mol. The lowest BCUT2D eigenvalue weighted by Crippen LogP contribution is -2.45. The summed E-state index contributed by atoms with van der Waals surface area (Å²) in [6.45, 7) is 8.52. The molecule has 0 aliphatic heterocycles. The van der Waals surface area contributed by atoms with E-state index >= 15 is 0 Å². The van der Waals surface area contributed by atoms with E-state index in [1.54, 1.807) is 11.8 Å². The minimum atomic E-state index is -0.0293. The number of thioether (sulfide) groups is 1. The van der Waals surface area contributed by atoms with Gasteiger partial charge < -0.3 is 15.9 Å². The van der Waals surface area contributed by atoms with Crippen LogP contribution in [0, 0.1) is 11.3 Å². The van der Waals surface area contributed by atoms with Crippen LogP contribution in [0.3, 0.4) is 0 Å². The lowest BCUT2D eigenvalue weighted by atomic mass is 9.85. The Labute approximate surface area is 97.4 Å². The van der Waals surface area contributed by atoms with Crippen molar-refractivity contribution < 1.29 is 10.2 Å². The minimum absolute atomic E-state index is 0.00283. The third-order valence-electron chi connectivity index (χ3n) is 2.49. The molecule has 0 aromatic rings. The summed E-state index contributed by atoms with van der Waals surface area (Å²) in [4.78, 5) is 0. The second kappa shape index (κ2) is 6.74. The fourth-order valence-electron chi connectivity index (χ4n) is 1.17. The zero-order chi connectivity index (χ0) is 12.1. The fraction of sp³-hybridized carbons (Fsp3) is 1.00. The first kappa shape index (κ1) is 15.2. The highest BCUT2D eigenvalue weighted by atomic mass is 32.2. The van der Waals surface area contributed by atoms with Crippen molar-refractivity contribution in [3.05, 3.63) is 0 Å². The Hall–Kier alpha value is 0.230. The quantitative estimate of drug-likeness (QED) is 0.644. The van der Waals surface area contributed by atoms with E-state index in [1.807, 2.05) is 6.92 Å². The molecule has 0 spiro atoms. The van der Waals surface area contributed by atoms with Gasteiger partial charge in [-0.25, -0.2) is 0 Å². The molecule has 0 rings (SSSR count). The molecule has 0 aliphatic carbocycles. The number of rotatable bonds is 6. The lowest BCUT2D eigenvalue weighted by Gasteiger charge is -2.33. The SMILES string of the molecule is CC(CO)CSC(CO)C(N)C(C)(C)C. The lowest BCUT2D eigenvalue weighted by molar-refractivity contribution is 0.231. The van der Waals surface area contributed by atoms with E-state index in [9.17, 15) is 5.11 Å². The zero-order valence-electron chi connectivity index (χ0n) is 10.2. The van der Waals surface area contributed by atoms with Gasteiger partial charge in [-0.1, -0.05) is 27.7 Å². The predicted octanol–water partition coefficient (Wildman–Crippen LogP) is 1.08. The highest BCUT2D eigenvalue weighted by Gasteiger charge is 2.28. The topological polar surface area (TPSA) is 66.5 Å². The van der Waals surface area contributed by atoms with Gasteiger partial charge in [0.05, 0.1) is 6.61 Å². The average Bonchev–Trinajstić information content (AvgIpc) is 2.16. The van der Waals surface area contributed by atoms with Crippen molar-refractivity contribution in [3.63, 3.8) is 0 Å². The van der Waals surface area contributed by atoms with Crippen molar-refractivity contribution in [2.24, 2.45) is 17.1 Å². The molecule has 0 saturated heterocycles. The van der Waals surface area contributed by atoms with Crippen LogP contribution in [0.1, 0.15) is 27.7 Å². The Morgan fingerprint density at radius 3 is 2.07 bits per heavy atom. The molecule has 3 nitrogen and oxygen atoms in total. The van der Waals surface area contributed by atoms with Crippen molar-refractivity contribution in [3.8, 4) is 0 Å². The first-order chi connectivity index (χ1) is 6.82. The van der Waals surface area contributed by atoms with Gasteiger partial charge in [-0.15, -0.1) is 0 Å². The Kier molecular flexibility index (Phi) is 6.84. The Bertz CT molecular complexity index is 170. The first-order valence-corrected chi connectivity index (χ1v) is 6.46. The molecule has 0 fully saturated rings. The summed E-state index contributed by atoms with van der Waals surface area (Å²) in [7, 11) is 0. The molecule has 3 unspecified atom stereocenters. The molecule has 4 heteroatoms. The summed E-state index contributed by atoms with van der Waals surface area (Å²) in [5.74, 6) is 1.10. The second-order valence-corrected chi connectivity index (χ2v) is 6.51.